The molecule has 2 rings (SSSR count). The van der Waals surface area contributed by atoms with Crippen LogP contribution in [0.25, 0.3) is 0 Å². The lowest BCUT2D eigenvalue weighted by atomic mass is 9.90. The summed E-state index contributed by atoms with van der Waals surface area (Å²) in [6, 6.07) is 12.7. The third-order valence-corrected chi connectivity index (χ3v) is 3.53. The van der Waals surface area contributed by atoms with Gasteiger partial charge in [-0.15, -0.1) is 0 Å². The van der Waals surface area contributed by atoms with Crippen molar-refractivity contribution >= 4 is 17.6 Å². The maximum absolute atomic E-state index is 12.2. The van der Waals surface area contributed by atoms with Gasteiger partial charge in [0.25, 0.3) is 5.69 Å². The van der Waals surface area contributed by atoms with E-state index in [9.17, 15) is 19.7 Å². The Morgan fingerprint density at radius 1 is 1.00 bits per heavy atom. The maximum Gasteiger partial charge on any atom is 0.344 e. The highest BCUT2D eigenvalue weighted by Gasteiger charge is 2.28. The Bertz CT molecular complexity index is 772. The van der Waals surface area contributed by atoms with Crippen LogP contribution in [0.2, 0.25) is 0 Å². The molecule has 0 unspecified atom stereocenters. The van der Waals surface area contributed by atoms with E-state index in [0.717, 1.165) is 7.11 Å². The molecule has 0 amide bonds. The summed E-state index contributed by atoms with van der Waals surface area (Å²) >= 11 is 0. The minimum Gasteiger partial charge on any atom is -0.468 e. The van der Waals surface area contributed by atoms with Crippen molar-refractivity contribution in [2.45, 2.75) is 5.92 Å². The molecule has 0 saturated heterocycles. The van der Waals surface area contributed by atoms with Gasteiger partial charge in [0, 0.05) is 6.07 Å². The van der Waals surface area contributed by atoms with Crippen LogP contribution < -0.4 is 0 Å². The minimum atomic E-state index is -0.847. The van der Waals surface area contributed by atoms with Crippen LogP contribution in [-0.2, 0) is 14.3 Å². The van der Waals surface area contributed by atoms with Crippen LogP contribution in [-0.4, -0.2) is 31.1 Å². The van der Waals surface area contributed by atoms with E-state index in [2.05, 4.69) is 4.74 Å². The molecule has 0 aliphatic rings. The third kappa shape index (κ3) is 3.40. The number of hydrogen-bond donors (Lipinski definition) is 0. The summed E-state index contributed by atoms with van der Waals surface area (Å²) in [6.07, 6.45) is 0. The number of carbonyl (C=O) groups excluding carboxylic acids is 2. The van der Waals surface area contributed by atoms with Gasteiger partial charge in [0.2, 0.25) is 0 Å². The average Bonchev–Trinajstić information content (AvgIpc) is 2.61. The predicted molar refractivity (Wildman–Crippen MR) is 84.7 cm³/mol. The van der Waals surface area contributed by atoms with E-state index in [0.29, 0.717) is 11.1 Å². The number of rotatable bonds is 5. The lowest BCUT2D eigenvalue weighted by Crippen LogP contribution is -2.17. The van der Waals surface area contributed by atoms with Gasteiger partial charge in [0.05, 0.1) is 19.1 Å². The fourth-order valence-electron chi connectivity index (χ4n) is 2.39. The molecule has 0 fully saturated rings. The first-order valence-electron chi connectivity index (χ1n) is 6.99. The molecule has 7 heteroatoms. The molecule has 0 aromatic heterocycles. The highest BCUT2D eigenvalue weighted by Crippen LogP contribution is 2.30. The lowest BCUT2D eigenvalue weighted by molar-refractivity contribution is -0.385. The molecule has 0 saturated carbocycles. The molecule has 0 N–H and O–H groups in total. The summed E-state index contributed by atoms with van der Waals surface area (Å²) < 4.78 is 9.43. The molecule has 7 nitrogen and oxygen atoms in total. The van der Waals surface area contributed by atoms with Gasteiger partial charge in [-0.05, 0) is 17.2 Å². The van der Waals surface area contributed by atoms with E-state index in [1.165, 1.54) is 25.3 Å². The van der Waals surface area contributed by atoms with Crippen LogP contribution in [0.1, 0.15) is 27.4 Å². The van der Waals surface area contributed by atoms with Gasteiger partial charge in [-0.2, -0.15) is 0 Å². The molecular weight excluding hydrogens is 314 g/mol. The van der Waals surface area contributed by atoms with Gasteiger partial charge in [0.15, 0.2) is 0 Å². The van der Waals surface area contributed by atoms with Crippen LogP contribution in [0.15, 0.2) is 48.5 Å². The van der Waals surface area contributed by atoms with Crippen molar-refractivity contribution in [1.29, 1.82) is 0 Å². The smallest absolute Gasteiger partial charge is 0.344 e. The molecule has 0 spiro atoms. The zero-order valence-electron chi connectivity index (χ0n) is 13.1. The summed E-state index contributed by atoms with van der Waals surface area (Å²) in [7, 11) is 2.39. The van der Waals surface area contributed by atoms with Crippen LogP contribution in [0, 0.1) is 10.1 Å². The van der Waals surface area contributed by atoms with E-state index in [4.69, 9.17) is 4.74 Å². The Hall–Kier alpha value is -3.22. The lowest BCUT2D eigenvalue weighted by Gasteiger charge is -2.16. The van der Waals surface area contributed by atoms with E-state index >= 15 is 0 Å². The second kappa shape index (κ2) is 7.36. The summed E-state index contributed by atoms with van der Waals surface area (Å²) in [5, 5.41) is 11.1. The monoisotopic (exact) mass is 329 g/mol. The molecular formula is C17H15NO6. The largest absolute Gasteiger partial charge is 0.468 e. The average molecular weight is 329 g/mol. The Morgan fingerprint density at radius 3 is 2.21 bits per heavy atom. The molecule has 2 aromatic carbocycles. The second-order valence-corrected chi connectivity index (χ2v) is 4.89. The fraction of sp³-hybridized carbons (Fsp3) is 0.176. The van der Waals surface area contributed by atoms with Crippen molar-refractivity contribution in [2.24, 2.45) is 0 Å². The number of hydrogen-bond acceptors (Lipinski definition) is 6. The van der Waals surface area contributed by atoms with Crippen molar-refractivity contribution < 1.29 is 24.0 Å². The normalized spacial score (nSPS) is 11.4. The standard InChI is InChI=1S/C17H15NO6/c1-23-16(19)13-10-12(8-9-14(13)18(21)22)15(17(20)24-2)11-6-4-3-5-7-11/h3-10,15H,1-2H3/t15-/m0/s1. The quantitative estimate of drug-likeness (QED) is 0.475. The minimum absolute atomic E-state index is 0.218. The second-order valence-electron chi connectivity index (χ2n) is 4.89. The summed E-state index contributed by atoms with van der Waals surface area (Å²) in [6.45, 7) is 0. The molecule has 0 radical (unpaired) electrons. The van der Waals surface area contributed by atoms with E-state index in [1.807, 2.05) is 0 Å². The van der Waals surface area contributed by atoms with Crippen LogP contribution >= 0.6 is 0 Å². The third-order valence-electron chi connectivity index (χ3n) is 3.53. The zero-order chi connectivity index (χ0) is 17.7. The van der Waals surface area contributed by atoms with Crippen molar-refractivity contribution in [3.63, 3.8) is 0 Å². The van der Waals surface area contributed by atoms with Gasteiger partial charge in [-0.25, -0.2) is 4.79 Å². The topological polar surface area (TPSA) is 95.7 Å². The number of carbonyl (C=O) groups is 2. The highest BCUT2D eigenvalue weighted by molar-refractivity contribution is 5.94. The number of esters is 2. The Kier molecular flexibility index (Phi) is 5.26. The summed E-state index contributed by atoms with van der Waals surface area (Å²) in [5.41, 5.74) is 0.445. The molecule has 0 aliphatic carbocycles. The van der Waals surface area contributed by atoms with Crippen LogP contribution in [0.3, 0.4) is 0 Å². The first kappa shape index (κ1) is 17.1. The van der Waals surface area contributed by atoms with E-state index in [-0.39, 0.29) is 11.3 Å². The van der Waals surface area contributed by atoms with Crippen LogP contribution in [0.5, 0.6) is 0 Å². The Labute approximate surface area is 138 Å². The van der Waals surface area contributed by atoms with E-state index in [1.54, 1.807) is 30.3 Å². The number of benzene rings is 2. The molecule has 0 heterocycles. The van der Waals surface area contributed by atoms with Gasteiger partial charge < -0.3 is 9.47 Å². The molecule has 124 valence electrons. The predicted octanol–water partition coefficient (Wildman–Crippen LogP) is 2.69. The van der Waals surface area contributed by atoms with Gasteiger partial charge in [0.1, 0.15) is 11.5 Å². The van der Waals surface area contributed by atoms with Crippen LogP contribution in [0.4, 0.5) is 5.69 Å². The van der Waals surface area contributed by atoms with Gasteiger partial charge in [-0.1, -0.05) is 36.4 Å². The maximum atomic E-state index is 12.2. The Balaban J connectivity index is 2.61. The molecule has 24 heavy (non-hydrogen) atoms. The first-order chi connectivity index (χ1) is 11.5. The van der Waals surface area contributed by atoms with Crippen molar-refractivity contribution in [2.75, 3.05) is 14.2 Å². The first-order valence-corrected chi connectivity index (χ1v) is 6.99. The van der Waals surface area contributed by atoms with Gasteiger partial charge >= 0.3 is 11.9 Å². The molecule has 0 bridgehead atoms. The molecule has 1 atom stereocenters. The SMILES string of the molecule is COC(=O)c1cc([C@@H](C(=O)OC)c2ccccc2)ccc1[N+](=O)[O-]. The highest BCUT2D eigenvalue weighted by atomic mass is 16.6. The van der Waals surface area contributed by atoms with Gasteiger partial charge in [-0.3, -0.25) is 14.9 Å². The number of nitro groups is 1. The summed E-state index contributed by atoms with van der Waals surface area (Å²) in [5.74, 6) is -2.19. The molecule has 2 aromatic rings. The zero-order valence-corrected chi connectivity index (χ0v) is 13.1. The summed E-state index contributed by atoms with van der Waals surface area (Å²) in [4.78, 5) is 34.5. The van der Waals surface area contributed by atoms with Crippen molar-refractivity contribution in [1.82, 2.24) is 0 Å². The van der Waals surface area contributed by atoms with Crippen molar-refractivity contribution in [3.05, 3.63) is 75.3 Å². The number of nitro benzene ring substituents is 1. The number of ether oxygens (including phenoxy) is 2. The fourth-order valence-corrected chi connectivity index (χ4v) is 2.39. The molecule has 0 aliphatic heterocycles. The van der Waals surface area contributed by atoms with Crippen molar-refractivity contribution in [3.8, 4) is 0 Å². The Morgan fingerprint density at radius 2 is 1.67 bits per heavy atom. The number of nitrogens with zero attached hydrogens (tertiary/aromatic N) is 1. The van der Waals surface area contributed by atoms with E-state index < -0.39 is 22.8 Å². The number of methoxy groups -OCH3 is 2.